The van der Waals surface area contributed by atoms with E-state index in [2.05, 4.69) is 15.4 Å². The van der Waals surface area contributed by atoms with Crippen molar-refractivity contribution in [2.45, 2.75) is 20.0 Å². The molecular formula is C20H16ClF3N4O3. The summed E-state index contributed by atoms with van der Waals surface area (Å²) in [4.78, 5) is 27.6. The molecule has 2 aromatic heterocycles. The molecule has 7 nitrogen and oxygen atoms in total. The van der Waals surface area contributed by atoms with Crippen LogP contribution >= 0.6 is 11.6 Å². The molecule has 0 spiro atoms. The Kier molecular flexibility index (Phi) is 6.30. The van der Waals surface area contributed by atoms with Gasteiger partial charge in [0, 0.05) is 11.9 Å². The molecule has 2 heterocycles. The first kappa shape index (κ1) is 22.3. The van der Waals surface area contributed by atoms with Crippen LogP contribution in [0.4, 0.5) is 19.0 Å². The van der Waals surface area contributed by atoms with Crippen molar-refractivity contribution < 1.29 is 27.5 Å². The van der Waals surface area contributed by atoms with Gasteiger partial charge in [0.1, 0.15) is 0 Å². The van der Waals surface area contributed by atoms with Gasteiger partial charge in [0.25, 0.3) is 5.91 Å². The summed E-state index contributed by atoms with van der Waals surface area (Å²) in [5.74, 6) is -1.83. The first-order valence-corrected chi connectivity index (χ1v) is 9.26. The second-order valence-corrected chi connectivity index (χ2v) is 6.97. The molecule has 0 aliphatic rings. The Morgan fingerprint density at radius 1 is 1.16 bits per heavy atom. The van der Waals surface area contributed by atoms with Crippen molar-refractivity contribution in [2.24, 2.45) is 0 Å². The van der Waals surface area contributed by atoms with Crippen molar-refractivity contribution in [2.75, 3.05) is 11.9 Å². The Hall–Kier alpha value is -3.40. The second-order valence-electron chi connectivity index (χ2n) is 6.56. The van der Waals surface area contributed by atoms with Gasteiger partial charge < -0.3 is 10.1 Å². The monoisotopic (exact) mass is 452 g/mol. The Morgan fingerprint density at radius 2 is 1.84 bits per heavy atom. The van der Waals surface area contributed by atoms with Crippen molar-refractivity contribution >= 4 is 29.3 Å². The predicted molar refractivity (Wildman–Crippen MR) is 106 cm³/mol. The maximum atomic E-state index is 12.6. The van der Waals surface area contributed by atoms with Gasteiger partial charge in [0.05, 0.1) is 27.5 Å². The number of amides is 1. The Morgan fingerprint density at radius 3 is 2.39 bits per heavy atom. The molecule has 0 aliphatic heterocycles. The van der Waals surface area contributed by atoms with Crippen LogP contribution in [0.25, 0.3) is 5.69 Å². The summed E-state index contributed by atoms with van der Waals surface area (Å²) in [5, 5.41) is 6.15. The molecule has 11 heteroatoms. The number of hydrogen-bond acceptors (Lipinski definition) is 5. The zero-order valence-corrected chi connectivity index (χ0v) is 17.1. The molecule has 0 atom stereocenters. The third-order valence-electron chi connectivity index (χ3n) is 4.12. The van der Waals surface area contributed by atoms with E-state index in [9.17, 15) is 22.8 Å². The minimum absolute atomic E-state index is 0.212. The van der Waals surface area contributed by atoms with E-state index in [0.29, 0.717) is 12.3 Å². The lowest BCUT2D eigenvalue weighted by Gasteiger charge is -2.10. The summed E-state index contributed by atoms with van der Waals surface area (Å²) in [5.41, 5.74) is 1.70. The fourth-order valence-electron chi connectivity index (χ4n) is 2.70. The number of hydrogen-bond donors (Lipinski definition) is 1. The predicted octanol–water partition coefficient (Wildman–Crippen LogP) is 4.35. The van der Waals surface area contributed by atoms with Gasteiger partial charge in [-0.2, -0.15) is 18.3 Å². The number of ether oxygens (including phenoxy) is 1. The van der Waals surface area contributed by atoms with Gasteiger partial charge in [-0.25, -0.2) is 14.5 Å². The maximum absolute atomic E-state index is 12.6. The van der Waals surface area contributed by atoms with E-state index in [1.54, 1.807) is 16.8 Å². The summed E-state index contributed by atoms with van der Waals surface area (Å²) in [6.45, 7) is 3.10. The average Bonchev–Trinajstić information content (AvgIpc) is 3.05. The smallest absolute Gasteiger partial charge is 0.417 e. The number of halogens is 4. The Labute approximate surface area is 179 Å². The quantitative estimate of drug-likeness (QED) is 0.581. The number of aryl methyl sites for hydroxylation is 2. The normalized spacial score (nSPS) is 11.3. The summed E-state index contributed by atoms with van der Waals surface area (Å²) >= 11 is 5.72. The molecule has 0 saturated heterocycles. The first-order valence-electron chi connectivity index (χ1n) is 8.88. The standard InChI is InChI=1S/C20H16ClF3N4O3/c1-11-7-12(2)28(27-11)15-5-3-13(4-6-15)19(30)31-10-17(29)26-18-16(21)8-14(9-25-18)20(22,23)24/h3-9H,10H2,1-2H3,(H,25,26,29). The van der Waals surface area contributed by atoms with Gasteiger partial charge in [0.15, 0.2) is 12.4 Å². The molecule has 31 heavy (non-hydrogen) atoms. The maximum Gasteiger partial charge on any atom is 0.417 e. The van der Waals surface area contributed by atoms with Crippen LogP contribution in [0.15, 0.2) is 42.6 Å². The molecule has 0 unspecified atom stereocenters. The minimum atomic E-state index is -4.61. The number of aromatic nitrogens is 3. The highest BCUT2D eigenvalue weighted by Crippen LogP contribution is 2.32. The van der Waals surface area contributed by atoms with Crippen LogP contribution in [-0.4, -0.2) is 33.2 Å². The average molecular weight is 453 g/mol. The zero-order valence-electron chi connectivity index (χ0n) is 16.3. The van der Waals surface area contributed by atoms with Crippen LogP contribution in [0.2, 0.25) is 5.02 Å². The van der Waals surface area contributed by atoms with E-state index in [4.69, 9.17) is 16.3 Å². The van der Waals surface area contributed by atoms with Gasteiger partial charge in [0.2, 0.25) is 0 Å². The first-order chi connectivity index (χ1) is 14.5. The summed E-state index contributed by atoms with van der Waals surface area (Å²) in [6.07, 6.45) is -4.07. The van der Waals surface area contributed by atoms with Gasteiger partial charge in [-0.15, -0.1) is 0 Å². The summed E-state index contributed by atoms with van der Waals surface area (Å²) in [6, 6.07) is 8.98. The number of carbonyl (C=O) groups excluding carboxylic acids is 2. The largest absolute Gasteiger partial charge is 0.452 e. The number of benzene rings is 1. The summed E-state index contributed by atoms with van der Waals surface area (Å²) in [7, 11) is 0. The number of nitrogens with zero attached hydrogens (tertiary/aromatic N) is 3. The van der Waals surface area contributed by atoms with E-state index in [0.717, 1.165) is 17.1 Å². The van der Waals surface area contributed by atoms with Crippen LogP contribution in [0.1, 0.15) is 27.3 Å². The lowest BCUT2D eigenvalue weighted by molar-refractivity contribution is -0.137. The number of esters is 1. The topological polar surface area (TPSA) is 86.1 Å². The Balaban J connectivity index is 1.58. The number of carbonyl (C=O) groups is 2. The van der Waals surface area contributed by atoms with Gasteiger partial charge in [-0.3, -0.25) is 4.79 Å². The number of rotatable bonds is 5. The van der Waals surface area contributed by atoms with E-state index >= 15 is 0 Å². The van der Waals surface area contributed by atoms with Crippen molar-refractivity contribution in [3.8, 4) is 5.69 Å². The molecular weight excluding hydrogens is 437 g/mol. The molecule has 0 bridgehead atoms. The van der Waals surface area contributed by atoms with Crippen LogP contribution in [0.3, 0.4) is 0 Å². The molecule has 0 saturated carbocycles. The number of pyridine rings is 1. The fraction of sp³-hybridized carbons (Fsp3) is 0.200. The van der Waals surface area contributed by atoms with Crippen LogP contribution in [-0.2, 0) is 15.7 Å². The van der Waals surface area contributed by atoms with Crippen LogP contribution in [0, 0.1) is 13.8 Å². The lowest BCUT2D eigenvalue weighted by Crippen LogP contribution is -2.22. The van der Waals surface area contributed by atoms with E-state index in [1.165, 1.54) is 12.1 Å². The zero-order chi connectivity index (χ0) is 22.8. The Bertz CT molecular complexity index is 1130. The number of nitrogens with one attached hydrogen (secondary N) is 1. The molecule has 1 amide bonds. The minimum Gasteiger partial charge on any atom is -0.452 e. The van der Waals surface area contributed by atoms with Crippen molar-refractivity contribution in [1.82, 2.24) is 14.8 Å². The highest BCUT2D eigenvalue weighted by molar-refractivity contribution is 6.33. The van der Waals surface area contributed by atoms with Crippen molar-refractivity contribution in [3.63, 3.8) is 0 Å². The van der Waals surface area contributed by atoms with Gasteiger partial charge in [-0.1, -0.05) is 11.6 Å². The van der Waals surface area contributed by atoms with Crippen LogP contribution in [0.5, 0.6) is 0 Å². The molecule has 3 aromatic rings. The molecule has 0 radical (unpaired) electrons. The van der Waals surface area contributed by atoms with E-state index in [-0.39, 0.29) is 11.4 Å². The highest BCUT2D eigenvalue weighted by atomic mass is 35.5. The van der Waals surface area contributed by atoms with Gasteiger partial charge >= 0.3 is 12.1 Å². The molecule has 162 valence electrons. The number of anilines is 1. The van der Waals surface area contributed by atoms with Gasteiger partial charge in [-0.05, 0) is 50.2 Å². The molecule has 0 aliphatic carbocycles. The van der Waals surface area contributed by atoms with Crippen LogP contribution < -0.4 is 5.32 Å². The third-order valence-corrected chi connectivity index (χ3v) is 4.41. The highest BCUT2D eigenvalue weighted by Gasteiger charge is 2.31. The SMILES string of the molecule is Cc1cc(C)n(-c2ccc(C(=O)OCC(=O)Nc3ncc(C(F)(F)F)cc3Cl)cc2)n1. The fourth-order valence-corrected chi connectivity index (χ4v) is 2.91. The molecule has 0 fully saturated rings. The van der Waals surface area contributed by atoms with Crippen molar-refractivity contribution in [3.05, 3.63) is 70.1 Å². The number of alkyl halides is 3. The molecule has 1 aromatic carbocycles. The third kappa shape index (κ3) is 5.40. The van der Waals surface area contributed by atoms with E-state index in [1.807, 2.05) is 19.9 Å². The summed E-state index contributed by atoms with van der Waals surface area (Å²) < 4.78 is 44.5. The van der Waals surface area contributed by atoms with E-state index < -0.39 is 35.2 Å². The molecule has 1 N–H and O–H groups in total. The second kappa shape index (κ2) is 8.76. The van der Waals surface area contributed by atoms with Crippen molar-refractivity contribution in [1.29, 1.82) is 0 Å². The molecule has 3 rings (SSSR count). The lowest BCUT2D eigenvalue weighted by atomic mass is 10.2.